The van der Waals surface area contributed by atoms with Gasteiger partial charge in [-0.05, 0) is 19.3 Å². The Labute approximate surface area is 125 Å². The fourth-order valence-corrected chi connectivity index (χ4v) is 2.28. The molecular formula is C14H25N3O4. The lowest BCUT2D eigenvalue weighted by Gasteiger charge is -2.17. The highest BCUT2D eigenvalue weighted by Crippen LogP contribution is 2.08. The summed E-state index contributed by atoms with van der Waals surface area (Å²) in [6, 6.07) is -1.41. The number of rotatable bonds is 8. The first-order valence-electron chi connectivity index (χ1n) is 7.59. The summed E-state index contributed by atoms with van der Waals surface area (Å²) in [6.45, 7) is 3.77. The average molecular weight is 299 g/mol. The smallest absolute Gasteiger partial charge is 0.326 e. The number of carboxylic acid groups (broad SMARTS) is 1. The average Bonchev–Trinajstić information content (AvgIpc) is 2.97. The van der Waals surface area contributed by atoms with Crippen LogP contribution in [0.25, 0.3) is 0 Å². The number of likely N-dealkylation sites (tertiary alicyclic amines) is 1. The first kappa shape index (κ1) is 17.3. The molecule has 0 aliphatic carbocycles. The van der Waals surface area contributed by atoms with Gasteiger partial charge < -0.3 is 20.6 Å². The van der Waals surface area contributed by atoms with E-state index in [4.69, 9.17) is 5.11 Å². The lowest BCUT2D eigenvalue weighted by atomic mass is 10.1. The molecule has 1 unspecified atom stereocenters. The number of carbonyl (C=O) groups excluding carboxylic acids is 2. The Bertz CT molecular complexity index is 367. The van der Waals surface area contributed by atoms with Crippen molar-refractivity contribution in [2.24, 2.45) is 0 Å². The molecule has 0 saturated carbocycles. The zero-order chi connectivity index (χ0) is 15.7. The number of aliphatic carboxylic acids is 1. The topological polar surface area (TPSA) is 98.7 Å². The third-order valence-corrected chi connectivity index (χ3v) is 3.53. The van der Waals surface area contributed by atoms with E-state index in [1.165, 1.54) is 0 Å². The molecule has 120 valence electrons. The van der Waals surface area contributed by atoms with E-state index in [2.05, 4.69) is 10.6 Å². The van der Waals surface area contributed by atoms with Crippen LogP contribution in [0.4, 0.5) is 4.79 Å². The lowest BCUT2D eigenvalue weighted by Crippen LogP contribution is -2.46. The number of carboxylic acids is 1. The Balaban J connectivity index is 2.22. The zero-order valence-corrected chi connectivity index (χ0v) is 12.6. The number of nitrogens with one attached hydrogen (secondary N) is 2. The number of carbonyl (C=O) groups is 3. The van der Waals surface area contributed by atoms with Crippen molar-refractivity contribution in [3.63, 3.8) is 0 Å². The summed E-state index contributed by atoms with van der Waals surface area (Å²) in [6.07, 6.45) is 4.35. The van der Waals surface area contributed by atoms with E-state index in [0.717, 1.165) is 38.8 Å². The van der Waals surface area contributed by atoms with E-state index in [-0.39, 0.29) is 18.9 Å². The van der Waals surface area contributed by atoms with Crippen molar-refractivity contribution in [2.45, 2.75) is 51.5 Å². The van der Waals surface area contributed by atoms with Crippen molar-refractivity contribution in [1.82, 2.24) is 15.5 Å². The van der Waals surface area contributed by atoms with Crippen molar-refractivity contribution < 1.29 is 19.5 Å². The number of hydrogen-bond acceptors (Lipinski definition) is 3. The molecule has 0 aromatic carbocycles. The summed E-state index contributed by atoms with van der Waals surface area (Å²) in [5.74, 6) is -1.000. The SMILES string of the molecule is CCCCC(NC(=O)NCCC(=O)N1CCCC1)C(=O)O. The maximum atomic E-state index is 11.8. The number of amides is 3. The Kier molecular flexibility index (Phi) is 7.56. The monoisotopic (exact) mass is 299 g/mol. The second kappa shape index (κ2) is 9.20. The minimum Gasteiger partial charge on any atom is -0.480 e. The van der Waals surface area contributed by atoms with E-state index >= 15 is 0 Å². The van der Waals surface area contributed by atoms with Gasteiger partial charge in [-0.2, -0.15) is 0 Å². The molecule has 7 heteroatoms. The van der Waals surface area contributed by atoms with E-state index < -0.39 is 18.0 Å². The third-order valence-electron chi connectivity index (χ3n) is 3.53. The molecule has 0 aromatic rings. The van der Waals surface area contributed by atoms with Crippen LogP contribution in [0, 0.1) is 0 Å². The molecule has 1 aliphatic heterocycles. The van der Waals surface area contributed by atoms with Crippen LogP contribution in [0.2, 0.25) is 0 Å². The van der Waals surface area contributed by atoms with Crippen LogP contribution in [-0.4, -0.2) is 53.6 Å². The van der Waals surface area contributed by atoms with Crippen LogP contribution in [0.1, 0.15) is 45.4 Å². The van der Waals surface area contributed by atoms with Gasteiger partial charge >= 0.3 is 12.0 Å². The van der Waals surface area contributed by atoms with Gasteiger partial charge in [0.25, 0.3) is 0 Å². The van der Waals surface area contributed by atoms with Gasteiger partial charge in [0, 0.05) is 26.1 Å². The fraction of sp³-hybridized carbons (Fsp3) is 0.786. The highest BCUT2D eigenvalue weighted by atomic mass is 16.4. The number of urea groups is 1. The molecule has 3 amide bonds. The minimum absolute atomic E-state index is 0.0357. The minimum atomic E-state index is -1.04. The van der Waals surface area contributed by atoms with Gasteiger partial charge in [-0.25, -0.2) is 9.59 Å². The summed E-state index contributed by atoms with van der Waals surface area (Å²) in [4.78, 5) is 36.2. The molecule has 1 rings (SSSR count). The van der Waals surface area contributed by atoms with E-state index in [1.54, 1.807) is 4.90 Å². The maximum absolute atomic E-state index is 11.8. The number of unbranched alkanes of at least 4 members (excludes halogenated alkanes) is 1. The van der Waals surface area contributed by atoms with Crippen molar-refractivity contribution in [1.29, 1.82) is 0 Å². The summed E-state index contributed by atoms with van der Waals surface area (Å²) >= 11 is 0. The van der Waals surface area contributed by atoms with Crippen LogP contribution in [0.15, 0.2) is 0 Å². The van der Waals surface area contributed by atoms with Crippen molar-refractivity contribution in [3.8, 4) is 0 Å². The van der Waals surface area contributed by atoms with E-state index in [0.29, 0.717) is 6.42 Å². The Hall–Kier alpha value is -1.79. The number of nitrogens with zero attached hydrogens (tertiary/aromatic N) is 1. The van der Waals surface area contributed by atoms with Crippen LogP contribution in [0.5, 0.6) is 0 Å². The maximum Gasteiger partial charge on any atom is 0.326 e. The van der Waals surface area contributed by atoms with Gasteiger partial charge in [0.15, 0.2) is 0 Å². The zero-order valence-electron chi connectivity index (χ0n) is 12.6. The molecule has 1 heterocycles. The van der Waals surface area contributed by atoms with E-state index in [9.17, 15) is 14.4 Å². The molecule has 21 heavy (non-hydrogen) atoms. The molecule has 0 spiro atoms. The summed E-state index contributed by atoms with van der Waals surface area (Å²) in [5, 5.41) is 14.0. The molecule has 0 bridgehead atoms. The molecule has 1 atom stereocenters. The molecule has 1 fully saturated rings. The first-order chi connectivity index (χ1) is 10.0. The second-order valence-corrected chi connectivity index (χ2v) is 5.27. The van der Waals surface area contributed by atoms with Crippen LogP contribution >= 0.6 is 0 Å². The van der Waals surface area contributed by atoms with Gasteiger partial charge in [0.1, 0.15) is 6.04 Å². The predicted molar refractivity (Wildman–Crippen MR) is 77.9 cm³/mol. The lowest BCUT2D eigenvalue weighted by molar-refractivity contribution is -0.139. The molecule has 1 saturated heterocycles. The molecule has 7 nitrogen and oxygen atoms in total. The van der Waals surface area contributed by atoms with Gasteiger partial charge in [0.05, 0.1) is 0 Å². The van der Waals surface area contributed by atoms with Gasteiger partial charge in [-0.3, -0.25) is 4.79 Å². The van der Waals surface area contributed by atoms with Gasteiger partial charge in [-0.1, -0.05) is 19.8 Å². The Morgan fingerprint density at radius 1 is 1.24 bits per heavy atom. The highest BCUT2D eigenvalue weighted by molar-refractivity contribution is 5.83. The molecule has 0 radical (unpaired) electrons. The fourth-order valence-electron chi connectivity index (χ4n) is 2.28. The van der Waals surface area contributed by atoms with Crippen LogP contribution in [-0.2, 0) is 9.59 Å². The quantitative estimate of drug-likeness (QED) is 0.621. The molecular weight excluding hydrogens is 274 g/mol. The molecule has 3 N–H and O–H groups in total. The Morgan fingerprint density at radius 2 is 1.90 bits per heavy atom. The second-order valence-electron chi connectivity index (χ2n) is 5.27. The standard InChI is InChI=1S/C14H25N3O4/c1-2-3-6-11(13(19)20)16-14(21)15-8-7-12(18)17-9-4-5-10-17/h11H,2-10H2,1H3,(H,19,20)(H2,15,16,21). The summed E-state index contributed by atoms with van der Waals surface area (Å²) in [7, 11) is 0. The van der Waals surface area contributed by atoms with E-state index in [1.807, 2.05) is 6.92 Å². The van der Waals surface area contributed by atoms with Crippen LogP contribution < -0.4 is 10.6 Å². The molecule has 1 aliphatic rings. The molecule has 0 aromatic heterocycles. The van der Waals surface area contributed by atoms with Gasteiger partial charge in [-0.15, -0.1) is 0 Å². The first-order valence-corrected chi connectivity index (χ1v) is 7.59. The van der Waals surface area contributed by atoms with Gasteiger partial charge in [0.2, 0.25) is 5.91 Å². The predicted octanol–water partition coefficient (Wildman–Crippen LogP) is 0.941. The van der Waals surface area contributed by atoms with Crippen LogP contribution in [0.3, 0.4) is 0 Å². The summed E-state index contributed by atoms with van der Waals surface area (Å²) < 4.78 is 0. The summed E-state index contributed by atoms with van der Waals surface area (Å²) in [5.41, 5.74) is 0. The van der Waals surface area contributed by atoms with Crippen molar-refractivity contribution >= 4 is 17.9 Å². The highest BCUT2D eigenvalue weighted by Gasteiger charge is 2.20. The van der Waals surface area contributed by atoms with Crippen molar-refractivity contribution in [3.05, 3.63) is 0 Å². The van der Waals surface area contributed by atoms with Crippen molar-refractivity contribution in [2.75, 3.05) is 19.6 Å². The normalized spacial score (nSPS) is 15.6. The Morgan fingerprint density at radius 3 is 2.48 bits per heavy atom. The third kappa shape index (κ3) is 6.46. The number of hydrogen-bond donors (Lipinski definition) is 3. The largest absolute Gasteiger partial charge is 0.480 e.